The Balaban J connectivity index is 2.83. The molecule has 0 heteroatoms. The van der Waals surface area contributed by atoms with Gasteiger partial charge >= 0.3 is 0 Å². The molecule has 0 radical (unpaired) electrons. The van der Waals surface area contributed by atoms with Crippen LogP contribution < -0.4 is 0 Å². The van der Waals surface area contributed by atoms with Gasteiger partial charge in [-0.2, -0.15) is 0 Å². The first-order chi connectivity index (χ1) is 5.29. The van der Waals surface area contributed by atoms with Crippen LogP contribution in [-0.4, -0.2) is 0 Å². The zero-order valence-electron chi connectivity index (χ0n) is 7.91. The Morgan fingerprint density at radius 1 is 1.27 bits per heavy atom. The summed E-state index contributed by atoms with van der Waals surface area (Å²) in [6.07, 6.45) is 7.41. The van der Waals surface area contributed by atoms with E-state index in [0.717, 1.165) is 0 Å². The molecular weight excluding hydrogens is 132 g/mol. The van der Waals surface area contributed by atoms with Crippen molar-refractivity contribution in [2.24, 2.45) is 0 Å². The van der Waals surface area contributed by atoms with E-state index in [9.17, 15) is 0 Å². The molecule has 0 unspecified atom stereocenters. The van der Waals surface area contributed by atoms with Crippen molar-refractivity contribution < 1.29 is 0 Å². The summed E-state index contributed by atoms with van der Waals surface area (Å²) in [6.45, 7) is 6.78. The van der Waals surface area contributed by atoms with E-state index >= 15 is 0 Å². The van der Waals surface area contributed by atoms with Gasteiger partial charge in [0, 0.05) is 0 Å². The summed E-state index contributed by atoms with van der Waals surface area (Å²) in [5, 5.41) is 0. The van der Waals surface area contributed by atoms with E-state index in [-0.39, 0.29) is 0 Å². The average Bonchev–Trinajstić information content (AvgIpc) is 2.05. The molecular formula is C11H18. The third-order valence-electron chi connectivity index (χ3n) is 2.66. The quantitative estimate of drug-likeness (QED) is 0.561. The van der Waals surface area contributed by atoms with Crippen molar-refractivity contribution in [2.75, 3.05) is 0 Å². The molecule has 0 aromatic carbocycles. The molecule has 0 spiro atoms. The van der Waals surface area contributed by atoms with Crippen molar-refractivity contribution in [1.29, 1.82) is 0 Å². The van der Waals surface area contributed by atoms with Crippen LogP contribution in [0.25, 0.3) is 0 Å². The molecule has 0 aromatic rings. The highest BCUT2D eigenvalue weighted by atomic mass is 14.1. The summed E-state index contributed by atoms with van der Waals surface area (Å²) in [5.41, 5.74) is 4.82. The van der Waals surface area contributed by atoms with E-state index in [1.807, 2.05) is 0 Å². The van der Waals surface area contributed by atoms with Gasteiger partial charge in [-0.3, -0.25) is 0 Å². The first-order valence-electron chi connectivity index (χ1n) is 4.67. The van der Waals surface area contributed by atoms with Gasteiger partial charge in [-0.1, -0.05) is 25.5 Å². The van der Waals surface area contributed by atoms with Gasteiger partial charge in [0.15, 0.2) is 0 Å². The molecule has 1 aliphatic carbocycles. The molecule has 1 rings (SSSR count). The Morgan fingerprint density at radius 2 is 2.00 bits per heavy atom. The molecule has 0 saturated carbocycles. The minimum atomic E-state index is 1.20. The third-order valence-corrected chi connectivity index (χ3v) is 2.66. The Bertz CT molecular complexity index is 194. The van der Waals surface area contributed by atoms with Gasteiger partial charge in [-0.15, -0.1) is 0 Å². The van der Waals surface area contributed by atoms with Gasteiger partial charge in [0.2, 0.25) is 0 Å². The normalized spacial score (nSPS) is 18.6. The van der Waals surface area contributed by atoms with Gasteiger partial charge in [0.1, 0.15) is 0 Å². The van der Waals surface area contributed by atoms with Crippen molar-refractivity contribution in [1.82, 2.24) is 0 Å². The van der Waals surface area contributed by atoms with Crippen molar-refractivity contribution in [2.45, 2.75) is 46.5 Å². The van der Waals surface area contributed by atoms with Crippen LogP contribution in [0.2, 0.25) is 0 Å². The van der Waals surface area contributed by atoms with Crippen LogP contribution in [0.4, 0.5) is 0 Å². The fourth-order valence-electron chi connectivity index (χ4n) is 1.84. The minimum Gasteiger partial charge on any atom is -0.0807 e. The summed E-state index contributed by atoms with van der Waals surface area (Å²) in [6, 6.07) is 0. The number of hydrogen-bond donors (Lipinski definition) is 0. The molecule has 0 amide bonds. The summed E-state index contributed by atoms with van der Waals surface area (Å²) in [4.78, 5) is 0. The van der Waals surface area contributed by atoms with Gasteiger partial charge in [-0.05, 0) is 43.8 Å². The molecule has 0 bridgehead atoms. The van der Waals surface area contributed by atoms with Crippen LogP contribution in [0.15, 0.2) is 22.8 Å². The monoisotopic (exact) mass is 150 g/mol. The van der Waals surface area contributed by atoms with Gasteiger partial charge in [0.05, 0.1) is 0 Å². The Labute approximate surface area is 70.0 Å². The highest BCUT2D eigenvalue weighted by Crippen LogP contribution is 2.28. The van der Waals surface area contributed by atoms with E-state index in [2.05, 4.69) is 26.8 Å². The number of rotatable bonds is 2. The predicted octanol–water partition coefficient (Wildman–Crippen LogP) is 3.84. The van der Waals surface area contributed by atoms with Gasteiger partial charge < -0.3 is 0 Å². The average molecular weight is 150 g/mol. The standard InChI is InChI=1S/C11H18/c1-4-10-7-6-8-11(5-2)9(10)3/h7H,4-6,8H2,1-3H3. The van der Waals surface area contributed by atoms with Crippen molar-refractivity contribution in [3.63, 3.8) is 0 Å². The highest BCUT2D eigenvalue weighted by molar-refractivity contribution is 5.36. The van der Waals surface area contributed by atoms with Gasteiger partial charge in [-0.25, -0.2) is 0 Å². The lowest BCUT2D eigenvalue weighted by Crippen LogP contribution is -1.97. The maximum Gasteiger partial charge on any atom is -0.0280 e. The van der Waals surface area contributed by atoms with Crippen LogP contribution in [0.1, 0.15) is 46.5 Å². The summed E-state index contributed by atoms with van der Waals surface area (Å²) in [7, 11) is 0. The number of allylic oxidation sites excluding steroid dienone is 4. The maximum atomic E-state index is 2.40. The van der Waals surface area contributed by atoms with Crippen molar-refractivity contribution in [3.05, 3.63) is 22.8 Å². The van der Waals surface area contributed by atoms with E-state index in [1.54, 1.807) is 16.7 Å². The Morgan fingerprint density at radius 3 is 2.55 bits per heavy atom. The van der Waals surface area contributed by atoms with Crippen molar-refractivity contribution >= 4 is 0 Å². The molecule has 0 fully saturated rings. The van der Waals surface area contributed by atoms with Crippen LogP contribution >= 0.6 is 0 Å². The van der Waals surface area contributed by atoms with Crippen LogP contribution in [0, 0.1) is 0 Å². The van der Waals surface area contributed by atoms with Crippen LogP contribution in [0.5, 0.6) is 0 Å². The Hall–Kier alpha value is -0.520. The predicted molar refractivity (Wildman–Crippen MR) is 50.6 cm³/mol. The lowest BCUT2D eigenvalue weighted by molar-refractivity contribution is 0.844. The van der Waals surface area contributed by atoms with Crippen LogP contribution in [-0.2, 0) is 0 Å². The van der Waals surface area contributed by atoms with Gasteiger partial charge in [0.25, 0.3) is 0 Å². The largest absolute Gasteiger partial charge is 0.0807 e. The van der Waals surface area contributed by atoms with Crippen molar-refractivity contribution in [3.8, 4) is 0 Å². The molecule has 0 heterocycles. The highest BCUT2D eigenvalue weighted by Gasteiger charge is 2.08. The second-order valence-electron chi connectivity index (χ2n) is 3.20. The third kappa shape index (κ3) is 1.74. The maximum absolute atomic E-state index is 2.40. The fourth-order valence-corrected chi connectivity index (χ4v) is 1.84. The van der Waals surface area contributed by atoms with E-state index in [1.165, 1.54) is 25.7 Å². The lowest BCUT2D eigenvalue weighted by atomic mass is 9.89. The molecule has 0 N–H and O–H groups in total. The van der Waals surface area contributed by atoms with E-state index < -0.39 is 0 Å². The first-order valence-corrected chi connectivity index (χ1v) is 4.67. The minimum absolute atomic E-state index is 1.20. The zero-order chi connectivity index (χ0) is 8.27. The second kappa shape index (κ2) is 3.75. The summed E-state index contributed by atoms with van der Waals surface area (Å²) >= 11 is 0. The SMILES string of the molecule is CCC1=CCCC(CC)=C1C. The molecule has 0 saturated heterocycles. The zero-order valence-corrected chi connectivity index (χ0v) is 7.91. The van der Waals surface area contributed by atoms with E-state index in [0.29, 0.717) is 0 Å². The Kier molecular flexibility index (Phi) is 2.92. The number of hydrogen-bond acceptors (Lipinski definition) is 0. The first kappa shape index (κ1) is 8.58. The topological polar surface area (TPSA) is 0 Å². The van der Waals surface area contributed by atoms with Crippen LogP contribution in [0.3, 0.4) is 0 Å². The summed E-state index contributed by atoms with van der Waals surface area (Å²) in [5.74, 6) is 0. The lowest BCUT2D eigenvalue weighted by Gasteiger charge is -2.17. The summed E-state index contributed by atoms with van der Waals surface area (Å²) < 4.78 is 0. The molecule has 0 atom stereocenters. The molecule has 0 nitrogen and oxygen atoms in total. The smallest absolute Gasteiger partial charge is 0.0280 e. The molecule has 11 heavy (non-hydrogen) atoms. The molecule has 0 aromatic heterocycles. The molecule has 0 aliphatic heterocycles. The second-order valence-corrected chi connectivity index (χ2v) is 3.20. The fraction of sp³-hybridized carbons (Fsp3) is 0.636. The molecule has 62 valence electrons. The molecule has 1 aliphatic rings. The van der Waals surface area contributed by atoms with E-state index in [4.69, 9.17) is 0 Å².